The number of aromatic amines is 1. The number of aromatic nitrogens is 3. The second kappa shape index (κ2) is 4.54. The molecule has 18 heavy (non-hydrogen) atoms. The monoisotopic (exact) mass is 284 g/mol. The Morgan fingerprint density at radius 3 is 2.78 bits per heavy atom. The minimum Gasteiger partial charge on any atom is -0.398 e. The van der Waals surface area contributed by atoms with Gasteiger partial charge in [0.25, 0.3) is 0 Å². The molecule has 0 spiro atoms. The van der Waals surface area contributed by atoms with Crippen molar-refractivity contribution in [2.75, 3.05) is 12.0 Å². The molecular weight excluding hydrogens is 272 g/mol. The number of H-pyrrole nitrogens is 1. The van der Waals surface area contributed by atoms with Crippen molar-refractivity contribution in [3.8, 4) is 0 Å². The number of benzene rings is 1. The summed E-state index contributed by atoms with van der Waals surface area (Å²) in [6.45, 7) is 0.418. The summed E-state index contributed by atoms with van der Waals surface area (Å²) in [4.78, 5) is 4.01. The average molecular weight is 284 g/mol. The molecule has 96 valence electrons. The van der Waals surface area contributed by atoms with E-state index in [-0.39, 0.29) is 10.6 Å². The maximum Gasteiger partial charge on any atom is 0.216 e. The van der Waals surface area contributed by atoms with Crippen molar-refractivity contribution in [3.05, 3.63) is 34.9 Å². The first-order valence-electron chi connectivity index (χ1n) is 5.06. The fourth-order valence-corrected chi connectivity index (χ4v) is 2.60. The quantitative estimate of drug-likeness (QED) is 0.647. The molecule has 2 rings (SSSR count). The summed E-state index contributed by atoms with van der Waals surface area (Å²) < 4.78 is 25.1. The highest BCUT2D eigenvalue weighted by Crippen LogP contribution is 2.20. The van der Waals surface area contributed by atoms with Crippen molar-refractivity contribution in [3.63, 3.8) is 0 Å². The fourth-order valence-electron chi connectivity index (χ4n) is 1.57. The molecule has 0 aliphatic rings. The zero-order valence-electron chi connectivity index (χ0n) is 9.62. The van der Waals surface area contributed by atoms with E-state index in [4.69, 9.17) is 18.0 Å². The van der Waals surface area contributed by atoms with Crippen LogP contribution in [0.4, 0.5) is 5.69 Å². The van der Waals surface area contributed by atoms with Crippen molar-refractivity contribution in [1.29, 1.82) is 0 Å². The molecule has 0 aliphatic carbocycles. The van der Waals surface area contributed by atoms with E-state index in [1.54, 1.807) is 22.9 Å². The number of rotatable bonds is 3. The zero-order chi connectivity index (χ0) is 13.3. The van der Waals surface area contributed by atoms with Gasteiger partial charge in [0.2, 0.25) is 4.77 Å². The predicted molar refractivity (Wildman–Crippen MR) is 70.5 cm³/mol. The smallest absolute Gasteiger partial charge is 0.216 e. The molecule has 1 aromatic heterocycles. The van der Waals surface area contributed by atoms with Crippen LogP contribution in [0, 0.1) is 4.77 Å². The minimum atomic E-state index is -3.33. The maximum absolute atomic E-state index is 11.5. The van der Waals surface area contributed by atoms with Crippen LogP contribution >= 0.6 is 12.2 Å². The van der Waals surface area contributed by atoms with E-state index in [9.17, 15) is 8.42 Å². The van der Waals surface area contributed by atoms with Gasteiger partial charge in [-0.1, -0.05) is 6.07 Å². The molecule has 0 unspecified atom stereocenters. The number of sulfone groups is 1. The van der Waals surface area contributed by atoms with E-state index in [0.717, 1.165) is 11.8 Å². The van der Waals surface area contributed by atoms with Gasteiger partial charge in [-0.05, 0) is 29.9 Å². The SMILES string of the molecule is CS(=O)(=O)c1cc(Cn2[nH]cnc2=S)ccc1N. The normalized spacial score (nSPS) is 11.6. The van der Waals surface area contributed by atoms with E-state index >= 15 is 0 Å². The molecule has 1 aromatic carbocycles. The molecule has 0 bridgehead atoms. The van der Waals surface area contributed by atoms with Gasteiger partial charge >= 0.3 is 0 Å². The Balaban J connectivity index is 2.43. The Morgan fingerprint density at radius 2 is 2.22 bits per heavy atom. The number of anilines is 1. The zero-order valence-corrected chi connectivity index (χ0v) is 11.3. The van der Waals surface area contributed by atoms with Crippen LogP contribution in [0.5, 0.6) is 0 Å². The Hall–Kier alpha value is -1.67. The Labute approximate surface area is 109 Å². The predicted octanol–water partition coefficient (Wildman–Crippen LogP) is 0.975. The highest BCUT2D eigenvalue weighted by Gasteiger charge is 2.12. The molecule has 0 aliphatic heterocycles. The number of nitrogens with one attached hydrogen (secondary N) is 1. The third-order valence-electron chi connectivity index (χ3n) is 2.44. The molecular formula is C10H12N4O2S2. The van der Waals surface area contributed by atoms with Gasteiger partial charge in [-0.25, -0.2) is 13.4 Å². The standard InChI is InChI=1S/C10H12N4O2S2/c1-18(15,16)9-4-7(2-3-8(9)11)5-14-10(17)12-6-13-14/h2-4,6H,5,11H2,1H3,(H,12,13,17). The van der Waals surface area contributed by atoms with Crippen molar-refractivity contribution in [2.45, 2.75) is 11.4 Å². The third kappa shape index (κ3) is 2.59. The number of hydrogen-bond donors (Lipinski definition) is 2. The van der Waals surface area contributed by atoms with E-state index < -0.39 is 9.84 Å². The minimum absolute atomic E-state index is 0.131. The van der Waals surface area contributed by atoms with Gasteiger partial charge in [-0.3, -0.25) is 9.78 Å². The largest absolute Gasteiger partial charge is 0.398 e. The lowest BCUT2D eigenvalue weighted by Crippen LogP contribution is -2.06. The van der Waals surface area contributed by atoms with Gasteiger partial charge in [0.15, 0.2) is 9.84 Å². The van der Waals surface area contributed by atoms with Gasteiger partial charge in [-0.2, -0.15) is 0 Å². The highest BCUT2D eigenvalue weighted by atomic mass is 32.2. The molecule has 0 saturated carbocycles. The van der Waals surface area contributed by atoms with E-state index in [1.165, 1.54) is 6.33 Å². The highest BCUT2D eigenvalue weighted by molar-refractivity contribution is 7.90. The number of nitrogen functional groups attached to an aromatic ring is 1. The van der Waals surface area contributed by atoms with Crippen LogP contribution in [0.25, 0.3) is 0 Å². The molecule has 3 N–H and O–H groups in total. The van der Waals surface area contributed by atoms with Gasteiger partial charge in [0.05, 0.1) is 17.1 Å². The van der Waals surface area contributed by atoms with Gasteiger partial charge in [0, 0.05) is 6.26 Å². The number of nitrogens with zero attached hydrogens (tertiary/aromatic N) is 2. The van der Waals surface area contributed by atoms with Crippen LogP contribution < -0.4 is 5.73 Å². The van der Waals surface area contributed by atoms with Gasteiger partial charge in [-0.15, -0.1) is 0 Å². The van der Waals surface area contributed by atoms with Crippen LogP contribution in [0.2, 0.25) is 0 Å². The van der Waals surface area contributed by atoms with E-state index in [1.807, 2.05) is 0 Å². The van der Waals surface area contributed by atoms with Crippen molar-refractivity contribution in [2.24, 2.45) is 0 Å². The third-order valence-corrected chi connectivity index (χ3v) is 3.92. The van der Waals surface area contributed by atoms with Crippen molar-refractivity contribution in [1.82, 2.24) is 14.8 Å². The maximum atomic E-state index is 11.5. The van der Waals surface area contributed by atoms with Gasteiger partial charge in [0.1, 0.15) is 6.33 Å². The van der Waals surface area contributed by atoms with Crippen LogP contribution in [0.15, 0.2) is 29.4 Å². The summed E-state index contributed by atoms with van der Waals surface area (Å²) in [6, 6.07) is 4.88. The summed E-state index contributed by atoms with van der Waals surface area (Å²) in [6.07, 6.45) is 2.61. The van der Waals surface area contributed by atoms with Gasteiger partial charge < -0.3 is 5.73 Å². The molecule has 0 atom stereocenters. The van der Waals surface area contributed by atoms with Crippen LogP contribution in [-0.4, -0.2) is 29.4 Å². The lowest BCUT2D eigenvalue weighted by molar-refractivity contribution is 0.601. The number of hydrogen-bond acceptors (Lipinski definition) is 5. The average Bonchev–Trinajstić information content (AvgIpc) is 2.66. The van der Waals surface area contributed by atoms with E-state index in [0.29, 0.717) is 11.3 Å². The summed E-state index contributed by atoms with van der Waals surface area (Å²) >= 11 is 4.99. The molecule has 6 nitrogen and oxygen atoms in total. The second-order valence-corrected chi connectivity index (χ2v) is 6.25. The molecule has 0 fully saturated rings. The molecule has 0 radical (unpaired) electrons. The fraction of sp³-hybridized carbons (Fsp3) is 0.200. The Kier molecular flexibility index (Phi) is 3.22. The number of nitrogens with two attached hydrogens (primary N) is 1. The summed E-state index contributed by atoms with van der Waals surface area (Å²) in [5.74, 6) is 0. The molecule has 0 saturated heterocycles. The second-order valence-electron chi connectivity index (χ2n) is 3.90. The first-order chi connectivity index (χ1) is 8.38. The van der Waals surface area contributed by atoms with Crippen LogP contribution in [0.3, 0.4) is 0 Å². The lowest BCUT2D eigenvalue weighted by atomic mass is 10.2. The molecule has 0 amide bonds. The molecule has 2 aromatic rings. The molecule has 1 heterocycles. The van der Waals surface area contributed by atoms with Crippen molar-refractivity contribution < 1.29 is 8.42 Å². The Bertz CT molecular complexity index is 730. The lowest BCUT2D eigenvalue weighted by Gasteiger charge is -2.07. The molecule has 8 heteroatoms. The Morgan fingerprint density at radius 1 is 1.50 bits per heavy atom. The summed E-state index contributed by atoms with van der Waals surface area (Å²) in [5.41, 5.74) is 6.68. The van der Waals surface area contributed by atoms with E-state index in [2.05, 4.69) is 10.1 Å². The summed E-state index contributed by atoms with van der Waals surface area (Å²) in [7, 11) is -3.33. The first kappa shape index (κ1) is 12.8. The van der Waals surface area contributed by atoms with Crippen LogP contribution in [0.1, 0.15) is 5.56 Å². The summed E-state index contributed by atoms with van der Waals surface area (Å²) in [5, 5.41) is 2.85. The first-order valence-corrected chi connectivity index (χ1v) is 7.36. The van der Waals surface area contributed by atoms with Crippen LogP contribution in [-0.2, 0) is 16.4 Å². The topological polar surface area (TPSA) is 93.8 Å². The van der Waals surface area contributed by atoms with Crippen molar-refractivity contribution >= 4 is 27.7 Å².